The topological polar surface area (TPSA) is 66.8 Å². The second kappa shape index (κ2) is 5.89. The number of benzene rings is 1. The van der Waals surface area contributed by atoms with Crippen molar-refractivity contribution < 1.29 is 19.4 Å². The number of carbonyl (C=O) groups excluding carboxylic acids is 1. The Labute approximate surface area is 126 Å². The molecule has 0 spiro atoms. The van der Waals surface area contributed by atoms with Crippen LogP contribution in [0.2, 0.25) is 10.0 Å². The molecular weight excluding hydrogens is 305 g/mol. The van der Waals surface area contributed by atoms with Gasteiger partial charge in [-0.05, 0) is 18.6 Å². The van der Waals surface area contributed by atoms with E-state index in [2.05, 4.69) is 0 Å². The normalized spacial score (nSPS) is 18.1. The number of halogens is 2. The maximum absolute atomic E-state index is 12.3. The van der Waals surface area contributed by atoms with Crippen LogP contribution >= 0.6 is 23.2 Å². The van der Waals surface area contributed by atoms with Crippen LogP contribution in [0.25, 0.3) is 0 Å². The van der Waals surface area contributed by atoms with Crippen LogP contribution < -0.4 is 4.74 Å². The van der Waals surface area contributed by atoms with E-state index in [0.29, 0.717) is 24.3 Å². The predicted molar refractivity (Wildman–Crippen MR) is 74.7 cm³/mol. The van der Waals surface area contributed by atoms with Gasteiger partial charge in [0.1, 0.15) is 0 Å². The summed E-state index contributed by atoms with van der Waals surface area (Å²) in [5, 5.41) is 9.44. The summed E-state index contributed by atoms with van der Waals surface area (Å²) < 4.78 is 5.02. The lowest BCUT2D eigenvalue weighted by molar-refractivity contribution is -0.141. The molecule has 0 aromatic heterocycles. The summed E-state index contributed by atoms with van der Waals surface area (Å²) in [7, 11) is 1.44. The van der Waals surface area contributed by atoms with Gasteiger partial charge >= 0.3 is 5.97 Å². The summed E-state index contributed by atoms with van der Waals surface area (Å²) in [6, 6.07) is 2.95. The molecule has 0 unspecified atom stereocenters. The van der Waals surface area contributed by atoms with Crippen LogP contribution in [-0.2, 0) is 4.79 Å². The van der Waals surface area contributed by atoms with Gasteiger partial charge in [0.25, 0.3) is 5.91 Å². The molecule has 1 aliphatic rings. The minimum atomic E-state index is -0.883. The van der Waals surface area contributed by atoms with Crippen molar-refractivity contribution in [2.75, 3.05) is 20.2 Å². The third kappa shape index (κ3) is 2.83. The zero-order valence-electron chi connectivity index (χ0n) is 10.7. The van der Waals surface area contributed by atoms with E-state index in [1.54, 1.807) is 0 Å². The van der Waals surface area contributed by atoms with E-state index >= 15 is 0 Å². The van der Waals surface area contributed by atoms with Crippen molar-refractivity contribution in [2.45, 2.75) is 6.42 Å². The molecule has 1 amide bonds. The predicted octanol–water partition coefficient (Wildman–Crippen LogP) is 2.55. The quantitative estimate of drug-likeness (QED) is 0.930. The largest absolute Gasteiger partial charge is 0.494 e. The first-order valence-corrected chi connectivity index (χ1v) is 6.74. The third-order valence-corrected chi connectivity index (χ3v) is 3.84. The Morgan fingerprint density at radius 3 is 2.40 bits per heavy atom. The van der Waals surface area contributed by atoms with E-state index in [1.165, 1.54) is 24.1 Å². The molecule has 0 aliphatic carbocycles. The molecule has 0 radical (unpaired) electrons. The number of ether oxygens (including phenoxy) is 1. The van der Waals surface area contributed by atoms with Crippen molar-refractivity contribution in [2.24, 2.45) is 5.92 Å². The van der Waals surface area contributed by atoms with Gasteiger partial charge in [-0.25, -0.2) is 0 Å². The van der Waals surface area contributed by atoms with Crippen LogP contribution in [0.5, 0.6) is 5.75 Å². The highest BCUT2D eigenvalue weighted by atomic mass is 35.5. The van der Waals surface area contributed by atoms with Crippen LogP contribution in [0, 0.1) is 5.92 Å². The highest BCUT2D eigenvalue weighted by Gasteiger charge is 2.31. The lowest BCUT2D eigenvalue weighted by atomic mass is 10.1. The number of amides is 1. The Kier molecular flexibility index (Phi) is 4.40. The lowest BCUT2D eigenvalue weighted by Crippen LogP contribution is -2.29. The smallest absolute Gasteiger partial charge is 0.308 e. The number of likely N-dealkylation sites (tertiary alicyclic amines) is 1. The Morgan fingerprint density at radius 2 is 1.95 bits per heavy atom. The Morgan fingerprint density at radius 1 is 1.35 bits per heavy atom. The second-order valence-electron chi connectivity index (χ2n) is 4.55. The van der Waals surface area contributed by atoms with E-state index in [9.17, 15) is 9.59 Å². The van der Waals surface area contributed by atoms with Gasteiger partial charge in [-0.15, -0.1) is 0 Å². The highest BCUT2D eigenvalue weighted by molar-refractivity contribution is 6.37. The molecule has 1 aliphatic heterocycles. The van der Waals surface area contributed by atoms with E-state index in [-0.39, 0.29) is 22.5 Å². The molecule has 1 aromatic carbocycles. The first kappa shape index (κ1) is 14.9. The van der Waals surface area contributed by atoms with Crippen LogP contribution in [0.3, 0.4) is 0 Å². The summed E-state index contributed by atoms with van der Waals surface area (Å²) in [5.41, 5.74) is 0.326. The van der Waals surface area contributed by atoms with Crippen molar-refractivity contribution >= 4 is 35.1 Å². The Hall–Kier alpha value is -1.46. The number of carboxylic acid groups (broad SMARTS) is 1. The molecule has 5 nitrogen and oxygen atoms in total. The van der Waals surface area contributed by atoms with E-state index in [1.807, 2.05) is 0 Å². The average Bonchev–Trinajstić information content (AvgIpc) is 2.87. The second-order valence-corrected chi connectivity index (χ2v) is 5.36. The number of hydrogen-bond donors (Lipinski definition) is 1. The molecule has 0 bridgehead atoms. The summed E-state index contributed by atoms with van der Waals surface area (Å²) in [6.07, 6.45) is 0.457. The maximum Gasteiger partial charge on any atom is 0.308 e. The van der Waals surface area contributed by atoms with Crippen LogP contribution in [-0.4, -0.2) is 42.1 Å². The maximum atomic E-state index is 12.3. The molecule has 2 rings (SSSR count). The number of carboxylic acids is 1. The number of hydrogen-bond acceptors (Lipinski definition) is 3. The van der Waals surface area contributed by atoms with Gasteiger partial charge < -0.3 is 14.7 Å². The first-order valence-electron chi connectivity index (χ1n) is 5.99. The molecule has 20 heavy (non-hydrogen) atoms. The van der Waals surface area contributed by atoms with Crippen molar-refractivity contribution in [1.82, 2.24) is 4.90 Å². The van der Waals surface area contributed by atoms with Crippen molar-refractivity contribution in [3.8, 4) is 5.75 Å². The summed E-state index contributed by atoms with van der Waals surface area (Å²) in [4.78, 5) is 24.7. The number of rotatable bonds is 3. The van der Waals surface area contributed by atoms with Crippen LogP contribution in [0.15, 0.2) is 12.1 Å². The number of nitrogens with zero attached hydrogens (tertiary/aromatic N) is 1. The van der Waals surface area contributed by atoms with Crippen molar-refractivity contribution in [1.29, 1.82) is 0 Å². The monoisotopic (exact) mass is 317 g/mol. The van der Waals surface area contributed by atoms with E-state index in [4.69, 9.17) is 33.0 Å². The molecule has 108 valence electrons. The molecule has 1 atom stereocenters. The molecule has 1 aromatic rings. The zero-order chi connectivity index (χ0) is 14.9. The summed E-state index contributed by atoms with van der Waals surface area (Å²) in [5.74, 6) is -1.36. The fourth-order valence-corrected chi connectivity index (χ4v) is 2.85. The van der Waals surface area contributed by atoms with Crippen molar-refractivity contribution in [3.05, 3.63) is 27.7 Å². The average molecular weight is 318 g/mol. The number of carbonyl (C=O) groups is 2. The molecule has 7 heteroatoms. The number of methoxy groups -OCH3 is 1. The van der Waals surface area contributed by atoms with Gasteiger partial charge in [-0.3, -0.25) is 9.59 Å². The minimum Gasteiger partial charge on any atom is -0.494 e. The van der Waals surface area contributed by atoms with Crippen LogP contribution in [0.4, 0.5) is 0 Å². The fourth-order valence-electron chi connectivity index (χ4n) is 2.21. The van der Waals surface area contributed by atoms with Crippen LogP contribution in [0.1, 0.15) is 16.8 Å². The van der Waals surface area contributed by atoms with E-state index < -0.39 is 11.9 Å². The molecular formula is C13H13Cl2NO4. The first-order chi connectivity index (χ1) is 9.43. The minimum absolute atomic E-state index is 0.204. The molecule has 1 saturated heterocycles. The lowest BCUT2D eigenvalue weighted by Gasteiger charge is -2.17. The molecule has 1 fully saturated rings. The van der Waals surface area contributed by atoms with E-state index in [0.717, 1.165) is 0 Å². The molecule has 0 saturated carbocycles. The Balaban J connectivity index is 2.20. The third-order valence-electron chi connectivity index (χ3n) is 3.27. The van der Waals surface area contributed by atoms with Gasteiger partial charge in [0.05, 0.1) is 23.1 Å². The highest BCUT2D eigenvalue weighted by Crippen LogP contribution is 2.34. The Bertz CT molecular complexity index is 538. The number of aliphatic carboxylic acids is 1. The standard InChI is InChI=1S/C13H13Cl2NO4/c1-20-11-9(14)4-8(5-10(11)15)12(17)16-3-2-7(6-16)13(18)19/h4-5,7H,2-3,6H2,1H3,(H,18,19)/t7-/m1/s1. The SMILES string of the molecule is COc1c(Cl)cc(C(=O)N2CC[C@@H](C(=O)O)C2)cc1Cl. The molecule has 1 N–H and O–H groups in total. The zero-order valence-corrected chi connectivity index (χ0v) is 12.2. The molecule has 1 heterocycles. The van der Waals surface area contributed by atoms with Gasteiger partial charge in [-0.1, -0.05) is 23.2 Å². The van der Waals surface area contributed by atoms with Gasteiger partial charge in [0.2, 0.25) is 0 Å². The van der Waals surface area contributed by atoms with Crippen molar-refractivity contribution in [3.63, 3.8) is 0 Å². The van der Waals surface area contributed by atoms with Gasteiger partial charge in [0.15, 0.2) is 5.75 Å². The fraction of sp³-hybridized carbons (Fsp3) is 0.385. The van der Waals surface area contributed by atoms with Gasteiger partial charge in [0, 0.05) is 18.7 Å². The van der Waals surface area contributed by atoms with Gasteiger partial charge in [-0.2, -0.15) is 0 Å². The summed E-state index contributed by atoms with van der Waals surface area (Å²) in [6.45, 7) is 0.618. The summed E-state index contributed by atoms with van der Waals surface area (Å²) >= 11 is 12.0.